The fourth-order valence-electron chi connectivity index (χ4n) is 3.54. The van der Waals surface area contributed by atoms with Crippen LogP contribution < -0.4 is 5.32 Å². The average molecular weight is 350 g/mol. The Morgan fingerprint density at radius 3 is 2.62 bits per heavy atom. The van der Waals surface area contributed by atoms with Gasteiger partial charge in [-0.3, -0.25) is 9.59 Å². The molecule has 24 heavy (non-hydrogen) atoms. The quantitative estimate of drug-likeness (QED) is 0.622. The van der Waals surface area contributed by atoms with Crippen molar-refractivity contribution in [1.82, 2.24) is 4.98 Å². The van der Waals surface area contributed by atoms with E-state index in [2.05, 4.69) is 10.3 Å². The summed E-state index contributed by atoms with van der Waals surface area (Å²) in [5, 5.41) is 12.4. The third-order valence-electron chi connectivity index (χ3n) is 4.53. The minimum absolute atomic E-state index is 0.0540. The van der Waals surface area contributed by atoms with E-state index in [1.165, 1.54) is 0 Å². The van der Waals surface area contributed by atoms with Crippen LogP contribution in [0.15, 0.2) is 12.2 Å². The average Bonchev–Trinajstić information content (AvgIpc) is 3.20. The van der Waals surface area contributed by atoms with Gasteiger partial charge in [0.15, 0.2) is 5.13 Å². The molecule has 0 spiro atoms. The van der Waals surface area contributed by atoms with E-state index in [1.807, 2.05) is 12.2 Å². The molecule has 0 radical (unpaired) electrons. The number of anilines is 1. The molecule has 8 heteroatoms. The molecule has 0 saturated heterocycles. The van der Waals surface area contributed by atoms with E-state index in [1.54, 1.807) is 13.8 Å². The topological polar surface area (TPSA) is 106 Å². The highest BCUT2D eigenvalue weighted by atomic mass is 32.1. The molecule has 1 aromatic heterocycles. The van der Waals surface area contributed by atoms with Gasteiger partial charge in [0.2, 0.25) is 5.91 Å². The van der Waals surface area contributed by atoms with Crippen LogP contribution in [0.4, 0.5) is 5.13 Å². The number of nitrogens with zero attached hydrogens (tertiary/aromatic N) is 1. The Hall–Kier alpha value is -2.22. The first kappa shape index (κ1) is 16.6. The normalized spacial score (nSPS) is 27.2. The Morgan fingerprint density at radius 1 is 1.33 bits per heavy atom. The number of aliphatic carboxylic acids is 1. The number of carboxylic acids is 1. The van der Waals surface area contributed by atoms with Gasteiger partial charge < -0.3 is 15.2 Å². The number of rotatable bonds is 5. The number of fused-ring (bicyclic) bond motifs is 2. The van der Waals surface area contributed by atoms with Gasteiger partial charge in [-0.1, -0.05) is 23.5 Å². The fraction of sp³-hybridized carbons (Fsp3) is 0.500. The van der Waals surface area contributed by atoms with Gasteiger partial charge in [0.05, 0.1) is 24.1 Å². The number of ether oxygens (including phenoxy) is 1. The van der Waals surface area contributed by atoms with Crippen LogP contribution in [0.3, 0.4) is 0 Å². The highest BCUT2D eigenvalue weighted by Crippen LogP contribution is 2.48. The molecule has 2 aliphatic carbocycles. The molecule has 7 nitrogen and oxygen atoms in total. The highest BCUT2D eigenvalue weighted by Gasteiger charge is 2.51. The van der Waals surface area contributed by atoms with Crippen molar-refractivity contribution in [3.63, 3.8) is 0 Å². The second-order valence-electron chi connectivity index (χ2n) is 5.98. The van der Waals surface area contributed by atoms with Crippen LogP contribution in [0.25, 0.3) is 0 Å². The minimum Gasteiger partial charge on any atom is -0.481 e. The summed E-state index contributed by atoms with van der Waals surface area (Å²) in [5.74, 6) is -3.23. The summed E-state index contributed by atoms with van der Waals surface area (Å²) in [6.07, 6.45) is 4.51. The van der Waals surface area contributed by atoms with Crippen molar-refractivity contribution in [3.05, 3.63) is 22.7 Å². The van der Waals surface area contributed by atoms with Crippen LogP contribution in [0.1, 0.15) is 28.7 Å². The second kappa shape index (κ2) is 6.35. The molecule has 0 unspecified atom stereocenters. The lowest BCUT2D eigenvalue weighted by molar-refractivity contribution is -0.146. The zero-order valence-electron chi connectivity index (χ0n) is 13.3. The molecule has 1 amide bonds. The van der Waals surface area contributed by atoms with Crippen LogP contribution in [0, 0.1) is 30.6 Å². The Kier molecular flexibility index (Phi) is 4.40. The van der Waals surface area contributed by atoms with E-state index >= 15 is 0 Å². The van der Waals surface area contributed by atoms with Crippen LogP contribution in [0.2, 0.25) is 0 Å². The van der Waals surface area contributed by atoms with Gasteiger partial charge in [-0.25, -0.2) is 9.78 Å². The molecule has 1 saturated carbocycles. The van der Waals surface area contributed by atoms with E-state index in [-0.39, 0.29) is 29.5 Å². The van der Waals surface area contributed by atoms with Crippen LogP contribution in [-0.2, 0) is 14.3 Å². The Bertz CT molecular complexity index is 726. The maximum atomic E-state index is 12.6. The van der Waals surface area contributed by atoms with E-state index in [9.17, 15) is 19.5 Å². The Labute approximate surface area is 142 Å². The Balaban J connectivity index is 1.76. The number of carbonyl (C=O) groups is 3. The zero-order chi connectivity index (χ0) is 17.4. The predicted octanol–water partition coefficient (Wildman–Crippen LogP) is 2.09. The van der Waals surface area contributed by atoms with Crippen LogP contribution in [-0.4, -0.2) is 34.5 Å². The number of aryl methyl sites for hydroxylation is 1. The van der Waals surface area contributed by atoms with Crippen molar-refractivity contribution in [3.8, 4) is 0 Å². The van der Waals surface area contributed by atoms with Crippen molar-refractivity contribution >= 4 is 34.3 Å². The van der Waals surface area contributed by atoms with Gasteiger partial charge in [-0.2, -0.15) is 0 Å². The maximum absolute atomic E-state index is 12.6. The third-order valence-corrected chi connectivity index (χ3v) is 5.59. The molecule has 2 N–H and O–H groups in total. The fourth-order valence-corrected chi connectivity index (χ4v) is 4.40. The van der Waals surface area contributed by atoms with E-state index in [4.69, 9.17) is 4.74 Å². The number of thiazole rings is 1. The molecule has 1 heterocycles. The van der Waals surface area contributed by atoms with E-state index < -0.39 is 23.8 Å². The third kappa shape index (κ3) is 2.82. The molecule has 0 aromatic carbocycles. The smallest absolute Gasteiger partial charge is 0.350 e. The maximum Gasteiger partial charge on any atom is 0.350 e. The number of carbonyl (C=O) groups excluding carboxylic acids is 2. The second-order valence-corrected chi connectivity index (χ2v) is 6.98. The van der Waals surface area contributed by atoms with Crippen molar-refractivity contribution in [1.29, 1.82) is 0 Å². The van der Waals surface area contributed by atoms with Gasteiger partial charge in [-0.15, -0.1) is 0 Å². The first-order chi connectivity index (χ1) is 11.4. The monoisotopic (exact) mass is 350 g/mol. The largest absolute Gasteiger partial charge is 0.481 e. The SMILES string of the molecule is CCOC(=O)c1sc(NC(=O)[C@@H]2[C@@H](C(=O)O)[C@H]3C=C[C@H]2C3)nc1C. The first-order valence-electron chi connectivity index (χ1n) is 7.79. The predicted molar refractivity (Wildman–Crippen MR) is 86.8 cm³/mol. The van der Waals surface area contributed by atoms with Gasteiger partial charge >= 0.3 is 11.9 Å². The number of esters is 1. The molecule has 3 rings (SSSR count). The summed E-state index contributed by atoms with van der Waals surface area (Å²) in [7, 11) is 0. The first-order valence-corrected chi connectivity index (χ1v) is 8.60. The molecule has 1 aromatic rings. The summed E-state index contributed by atoms with van der Waals surface area (Å²) in [5.41, 5.74) is 0.483. The highest BCUT2D eigenvalue weighted by molar-refractivity contribution is 7.17. The summed E-state index contributed by atoms with van der Waals surface area (Å²) >= 11 is 1.04. The van der Waals surface area contributed by atoms with Crippen molar-refractivity contribution in [2.45, 2.75) is 20.3 Å². The van der Waals surface area contributed by atoms with E-state index in [0.29, 0.717) is 17.0 Å². The number of allylic oxidation sites excluding steroid dienone is 2. The standard InChI is InChI=1S/C16H18N2O5S/c1-3-23-15(22)12-7(2)17-16(24-12)18-13(19)10-8-4-5-9(6-8)11(10)14(20)21/h4-5,8-11H,3,6H2,1-2H3,(H,20,21)(H,17,18,19)/t8-,9-,10-,11-/m0/s1. The Morgan fingerprint density at radius 2 is 2.00 bits per heavy atom. The molecule has 4 atom stereocenters. The molecular formula is C16H18N2O5S. The van der Waals surface area contributed by atoms with Gasteiger partial charge in [0.1, 0.15) is 4.88 Å². The zero-order valence-corrected chi connectivity index (χ0v) is 14.1. The molecule has 2 bridgehead atoms. The summed E-state index contributed by atoms with van der Waals surface area (Å²) in [6, 6.07) is 0. The lowest BCUT2D eigenvalue weighted by Crippen LogP contribution is -2.36. The van der Waals surface area contributed by atoms with E-state index in [0.717, 1.165) is 11.3 Å². The number of carboxylic acid groups (broad SMARTS) is 1. The van der Waals surface area contributed by atoms with Crippen LogP contribution in [0.5, 0.6) is 0 Å². The van der Waals surface area contributed by atoms with Gasteiger partial charge in [-0.05, 0) is 32.1 Å². The number of hydrogen-bond acceptors (Lipinski definition) is 6. The van der Waals surface area contributed by atoms with Crippen LogP contribution >= 0.6 is 11.3 Å². The molecule has 0 aliphatic heterocycles. The van der Waals surface area contributed by atoms with Gasteiger partial charge in [0, 0.05) is 0 Å². The molecular weight excluding hydrogens is 332 g/mol. The number of hydrogen-bond donors (Lipinski definition) is 2. The van der Waals surface area contributed by atoms with Crippen molar-refractivity contribution in [2.75, 3.05) is 11.9 Å². The lowest BCUT2D eigenvalue weighted by Gasteiger charge is -2.23. The van der Waals surface area contributed by atoms with Crippen molar-refractivity contribution < 1.29 is 24.2 Å². The number of amides is 1. The molecule has 2 aliphatic rings. The summed E-state index contributed by atoms with van der Waals surface area (Å²) in [6.45, 7) is 3.64. The van der Waals surface area contributed by atoms with Crippen molar-refractivity contribution in [2.24, 2.45) is 23.7 Å². The number of aromatic nitrogens is 1. The lowest BCUT2D eigenvalue weighted by atomic mass is 9.82. The minimum atomic E-state index is -0.950. The molecule has 128 valence electrons. The number of nitrogens with one attached hydrogen (secondary N) is 1. The summed E-state index contributed by atoms with van der Waals surface area (Å²) < 4.78 is 4.95. The molecule has 1 fully saturated rings. The summed E-state index contributed by atoms with van der Waals surface area (Å²) in [4.78, 5) is 40.4. The van der Waals surface area contributed by atoms with Gasteiger partial charge in [0.25, 0.3) is 0 Å².